The van der Waals surface area contributed by atoms with Crippen molar-refractivity contribution in [2.24, 2.45) is 0 Å². The maximum absolute atomic E-state index is 12.1. The summed E-state index contributed by atoms with van der Waals surface area (Å²) in [5.74, 6) is -1.30. The van der Waals surface area contributed by atoms with Gasteiger partial charge in [-0.3, -0.25) is 14.8 Å². The smallest absolute Gasteiger partial charge is 0.341 e. The highest BCUT2D eigenvalue weighted by molar-refractivity contribution is 6.00. The first kappa shape index (κ1) is 13.5. The van der Waals surface area contributed by atoms with Gasteiger partial charge in [-0.2, -0.15) is 5.10 Å². The largest absolute Gasteiger partial charge is 0.477 e. The average molecular weight is 268 g/mol. The van der Waals surface area contributed by atoms with Gasteiger partial charge in [0.15, 0.2) is 0 Å². The fourth-order valence-corrected chi connectivity index (χ4v) is 1.90. The van der Waals surface area contributed by atoms with E-state index < -0.39 is 5.97 Å². The molecule has 104 valence electrons. The van der Waals surface area contributed by atoms with Crippen molar-refractivity contribution in [3.05, 3.63) is 11.8 Å². The van der Waals surface area contributed by atoms with E-state index in [0.29, 0.717) is 26.3 Å². The van der Waals surface area contributed by atoms with E-state index in [9.17, 15) is 9.59 Å². The first-order valence-corrected chi connectivity index (χ1v) is 5.99. The molecule has 1 fully saturated rings. The zero-order valence-electron chi connectivity index (χ0n) is 10.5. The van der Waals surface area contributed by atoms with Gasteiger partial charge in [-0.1, -0.05) is 0 Å². The second kappa shape index (κ2) is 5.81. The summed E-state index contributed by atoms with van der Waals surface area (Å²) in [5.41, 5.74) is -0.0532. The maximum atomic E-state index is 12.1. The fraction of sp³-hybridized carbons (Fsp3) is 0.545. The molecule has 0 radical (unpaired) electrons. The number of H-pyrrole nitrogens is 1. The summed E-state index contributed by atoms with van der Waals surface area (Å²) in [4.78, 5) is 24.9. The molecule has 1 aliphatic rings. The van der Waals surface area contributed by atoms with E-state index in [2.05, 4.69) is 15.5 Å². The highest BCUT2D eigenvalue weighted by atomic mass is 16.5. The van der Waals surface area contributed by atoms with E-state index in [-0.39, 0.29) is 23.3 Å². The van der Waals surface area contributed by atoms with Gasteiger partial charge in [-0.05, 0) is 6.92 Å². The predicted molar refractivity (Wildman–Crippen MR) is 66.0 cm³/mol. The molecule has 1 unspecified atom stereocenters. The number of rotatable bonds is 4. The molecule has 0 spiro atoms. The number of hydrogen-bond donors (Lipinski definition) is 3. The third-order valence-electron chi connectivity index (χ3n) is 3.09. The standard InChI is InChI=1S/C11H16N4O4/c1-7(15-2-4-19-5-3-15)10(16)13-9-8(11(17)18)6-12-14-9/h6-7H,2-5H2,1H3,(H,17,18)(H2,12,13,14,16). The van der Waals surface area contributed by atoms with Crippen LogP contribution in [-0.4, -0.2) is 64.4 Å². The zero-order chi connectivity index (χ0) is 13.8. The fourth-order valence-electron chi connectivity index (χ4n) is 1.90. The number of carbonyl (C=O) groups excluding carboxylic acids is 1. The molecule has 2 heterocycles. The van der Waals surface area contributed by atoms with Crippen LogP contribution in [0, 0.1) is 0 Å². The Hall–Kier alpha value is -1.93. The van der Waals surface area contributed by atoms with Crippen molar-refractivity contribution in [2.45, 2.75) is 13.0 Å². The Labute approximate surface area is 109 Å². The number of anilines is 1. The Balaban J connectivity index is 1.99. The Morgan fingerprint density at radius 1 is 1.53 bits per heavy atom. The minimum atomic E-state index is -1.14. The molecule has 19 heavy (non-hydrogen) atoms. The minimum absolute atomic E-state index is 0.0532. The number of aromatic amines is 1. The van der Waals surface area contributed by atoms with E-state index in [4.69, 9.17) is 9.84 Å². The summed E-state index contributed by atoms with van der Waals surface area (Å²) in [6, 6.07) is -0.353. The summed E-state index contributed by atoms with van der Waals surface area (Å²) in [5, 5.41) is 17.5. The van der Waals surface area contributed by atoms with Gasteiger partial charge < -0.3 is 15.2 Å². The Kier molecular flexibility index (Phi) is 4.13. The molecule has 3 N–H and O–H groups in total. The second-order valence-corrected chi connectivity index (χ2v) is 4.28. The van der Waals surface area contributed by atoms with Crippen LogP contribution >= 0.6 is 0 Å². The number of morpholine rings is 1. The Morgan fingerprint density at radius 3 is 2.84 bits per heavy atom. The molecule has 1 saturated heterocycles. The SMILES string of the molecule is CC(C(=O)Nc1[nH]ncc1C(=O)O)N1CCOCC1. The average Bonchev–Trinajstić information content (AvgIpc) is 2.87. The van der Waals surface area contributed by atoms with Crippen LogP contribution in [0.25, 0.3) is 0 Å². The lowest BCUT2D eigenvalue weighted by atomic mass is 10.2. The lowest BCUT2D eigenvalue weighted by molar-refractivity contribution is -0.122. The number of nitrogens with zero attached hydrogens (tertiary/aromatic N) is 2. The van der Waals surface area contributed by atoms with Crippen molar-refractivity contribution in [3.8, 4) is 0 Å². The number of ether oxygens (including phenoxy) is 1. The van der Waals surface area contributed by atoms with E-state index in [0.717, 1.165) is 6.20 Å². The van der Waals surface area contributed by atoms with Gasteiger partial charge >= 0.3 is 5.97 Å². The van der Waals surface area contributed by atoms with Gasteiger partial charge in [-0.25, -0.2) is 4.79 Å². The third kappa shape index (κ3) is 3.09. The number of hydrogen-bond acceptors (Lipinski definition) is 5. The molecule has 1 aromatic rings. The van der Waals surface area contributed by atoms with Crippen molar-refractivity contribution in [2.75, 3.05) is 31.6 Å². The van der Waals surface area contributed by atoms with Gasteiger partial charge in [0.05, 0.1) is 25.5 Å². The molecular weight excluding hydrogens is 252 g/mol. The highest BCUT2D eigenvalue weighted by Crippen LogP contribution is 2.12. The monoisotopic (exact) mass is 268 g/mol. The lowest BCUT2D eigenvalue weighted by Gasteiger charge is -2.31. The summed E-state index contributed by atoms with van der Waals surface area (Å²) in [6.45, 7) is 4.34. The second-order valence-electron chi connectivity index (χ2n) is 4.28. The molecule has 2 rings (SSSR count). The lowest BCUT2D eigenvalue weighted by Crippen LogP contribution is -2.47. The molecule has 1 atom stereocenters. The van der Waals surface area contributed by atoms with Gasteiger partial charge in [-0.15, -0.1) is 0 Å². The topological polar surface area (TPSA) is 108 Å². The molecule has 1 amide bonds. The Morgan fingerprint density at radius 2 is 2.21 bits per heavy atom. The quantitative estimate of drug-likeness (QED) is 0.696. The van der Waals surface area contributed by atoms with Crippen molar-refractivity contribution in [1.82, 2.24) is 15.1 Å². The molecule has 1 aromatic heterocycles. The van der Waals surface area contributed by atoms with Gasteiger partial charge in [0.1, 0.15) is 11.4 Å². The van der Waals surface area contributed by atoms with Crippen molar-refractivity contribution in [3.63, 3.8) is 0 Å². The number of carbonyl (C=O) groups is 2. The van der Waals surface area contributed by atoms with Crippen molar-refractivity contribution >= 4 is 17.7 Å². The van der Waals surface area contributed by atoms with Gasteiger partial charge in [0.25, 0.3) is 0 Å². The van der Waals surface area contributed by atoms with Crippen LogP contribution < -0.4 is 5.32 Å². The van der Waals surface area contributed by atoms with Gasteiger partial charge in [0, 0.05) is 13.1 Å². The molecule has 0 aromatic carbocycles. The molecule has 0 bridgehead atoms. The predicted octanol–water partition coefficient (Wildman–Crippen LogP) is -0.233. The van der Waals surface area contributed by atoms with Crippen LogP contribution in [-0.2, 0) is 9.53 Å². The summed E-state index contributed by atoms with van der Waals surface area (Å²) < 4.78 is 5.22. The van der Waals surface area contributed by atoms with E-state index in [1.807, 2.05) is 4.90 Å². The number of nitrogens with one attached hydrogen (secondary N) is 2. The van der Waals surface area contributed by atoms with Gasteiger partial charge in [0.2, 0.25) is 5.91 Å². The van der Waals surface area contributed by atoms with E-state index in [1.54, 1.807) is 6.92 Å². The van der Waals surface area contributed by atoms with Crippen molar-refractivity contribution in [1.29, 1.82) is 0 Å². The number of carboxylic acids is 1. The Bertz CT molecular complexity index is 467. The van der Waals surface area contributed by atoms with Crippen LogP contribution in [0.3, 0.4) is 0 Å². The van der Waals surface area contributed by atoms with E-state index in [1.165, 1.54) is 0 Å². The maximum Gasteiger partial charge on any atom is 0.341 e. The summed E-state index contributed by atoms with van der Waals surface area (Å²) in [7, 11) is 0. The number of aromatic nitrogens is 2. The first-order chi connectivity index (χ1) is 9.09. The van der Waals surface area contributed by atoms with Crippen LogP contribution in [0.4, 0.5) is 5.82 Å². The van der Waals surface area contributed by atoms with Crippen LogP contribution in [0.1, 0.15) is 17.3 Å². The van der Waals surface area contributed by atoms with E-state index >= 15 is 0 Å². The summed E-state index contributed by atoms with van der Waals surface area (Å²) in [6.07, 6.45) is 1.16. The molecule has 1 aliphatic heterocycles. The third-order valence-corrected chi connectivity index (χ3v) is 3.09. The normalized spacial score (nSPS) is 17.9. The van der Waals surface area contributed by atoms with Crippen molar-refractivity contribution < 1.29 is 19.4 Å². The number of carboxylic acid groups (broad SMARTS) is 1. The van der Waals surface area contributed by atoms with Crippen LogP contribution in [0.2, 0.25) is 0 Å². The number of amides is 1. The molecular formula is C11H16N4O4. The minimum Gasteiger partial charge on any atom is -0.477 e. The molecule has 0 saturated carbocycles. The molecule has 8 nitrogen and oxygen atoms in total. The molecule has 8 heteroatoms. The first-order valence-electron chi connectivity index (χ1n) is 5.99. The molecule has 0 aliphatic carbocycles. The van der Waals surface area contributed by atoms with Crippen LogP contribution in [0.5, 0.6) is 0 Å². The number of aromatic carboxylic acids is 1. The zero-order valence-corrected chi connectivity index (χ0v) is 10.5. The van der Waals surface area contributed by atoms with Crippen LogP contribution in [0.15, 0.2) is 6.20 Å². The highest BCUT2D eigenvalue weighted by Gasteiger charge is 2.24. The summed E-state index contributed by atoms with van der Waals surface area (Å²) >= 11 is 0.